The van der Waals surface area contributed by atoms with Crippen molar-refractivity contribution in [2.24, 2.45) is 18.1 Å². The molecule has 0 radical (unpaired) electrons. The molecule has 2 heterocycles. The van der Waals surface area contributed by atoms with Gasteiger partial charge in [0.25, 0.3) is 5.56 Å². The predicted molar refractivity (Wildman–Crippen MR) is 109 cm³/mol. The fourth-order valence-electron chi connectivity index (χ4n) is 2.78. The number of nitrogens with zero attached hydrogens (tertiary/aromatic N) is 4. The van der Waals surface area contributed by atoms with Gasteiger partial charge < -0.3 is 9.30 Å². The molecule has 0 spiro atoms. The first-order valence-electron chi connectivity index (χ1n) is 9.03. The molecule has 0 bridgehead atoms. The molecule has 0 atom stereocenters. The van der Waals surface area contributed by atoms with Crippen LogP contribution in [0.15, 0.2) is 39.0 Å². The van der Waals surface area contributed by atoms with Crippen LogP contribution in [0.25, 0.3) is 11.2 Å². The summed E-state index contributed by atoms with van der Waals surface area (Å²) in [4.78, 5) is 31.0. The summed E-state index contributed by atoms with van der Waals surface area (Å²) in [6.07, 6.45) is 2.50. The molecule has 0 aliphatic carbocycles. The van der Waals surface area contributed by atoms with Gasteiger partial charge in [-0.05, 0) is 42.2 Å². The highest BCUT2D eigenvalue weighted by Gasteiger charge is 2.17. The normalized spacial score (nSPS) is 11.6. The van der Waals surface area contributed by atoms with Crippen LogP contribution in [-0.2, 0) is 13.6 Å². The first-order chi connectivity index (χ1) is 13.4. The number of rotatable bonds is 7. The maximum absolute atomic E-state index is 12.4. The summed E-state index contributed by atoms with van der Waals surface area (Å²) in [5.41, 5.74) is 3.49. The molecule has 2 aromatic heterocycles. The Bertz CT molecular complexity index is 1110. The van der Waals surface area contributed by atoms with Gasteiger partial charge >= 0.3 is 5.69 Å². The lowest BCUT2D eigenvalue weighted by molar-refractivity contribution is 0.415. The quantitative estimate of drug-likeness (QED) is 0.478. The van der Waals surface area contributed by atoms with Crippen molar-refractivity contribution >= 4 is 23.3 Å². The zero-order valence-electron chi connectivity index (χ0n) is 16.4. The van der Waals surface area contributed by atoms with Gasteiger partial charge in [-0.25, -0.2) is 10.2 Å². The number of hydrogen-bond acceptors (Lipinski definition) is 6. The van der Waals surface area contributed by atoms with Crippen LogP contribution in [0.5, 0.6) is 5.75 Å². The second kappa shape index (κ2) is 8.12. The highest BCUT2D eigenvalue weighted by atomic mass is 16.5. The van der Waals surface area contributed by atoms with E-state index in [0.717, 1.165) is 17.7 Å². The van der Waals surface area contributed by atoms with E-state index in [9.17, 15) is 9.59 Å². The van der Waals surface area contributed by atoms with E-state index in [1.54, 1.807) is 24.9 Å². The average Bonchev–Trinajstić information content (AvgIpc) is 3.04. The molecule has 0 fully saturated rings. The second-order valence-corrected chi connectivity index (χ2v) is 6.90. The summed E-state index contributed by atoms with van der Waals surface area (Å²) < 4.78 is 8.22. The summed E-state index contributed by atoms with van der Waals surface area (Å²) >= 11 is 0. The number of hydrogen-bond donors (Lipinski definition) is 2. The number of aromatic amines is 1. The largest absolute Gasteiger partial charge is 0.497 e. The molecule has 0 unspecified atom stereocenters. The minimum absolute atomic E-state index is 0.319. The molecule has 0 saturated carbocycles. The highest BCUT2D eigenvalue weighted by molar-refractivity contribution is 5.80. The number of aromatic nitrogens is 4. The molecule has 3 rings (SSSR count). The number of ether oxygens (including phenoxy) is 1. The van der Waals surface area contributed by atoms with Gasteiger partial charge in [0.15, 0.2) is 11.2 Å². The molecule has 148 valence electrons. The average molecular weight is 384 g/mol. The SMILES string of the molecule is COc1ccc(C=NNc2nc3c(c(=O)[nH]c(=O)n3C)n2CCC(C)C)cc1. The number of benzene rings is 1. The lowest BCUT2D eigenvalue weighted by Gasteiger charge is -2.09. The Kier molecular flexibility index (Phi) is 5.62. The molecule has 0 amide bonds. The van der Waals surface area contributed by atoms with Gasteiger partial charge in [-0.1, -0.05) is 13.8 Å². The van der Waals surface area contributed by atoms with E-state index in [1.807, 2.05) is 24.3 Å². The van der Waals surface area contributed by atoms with Crippen LogP contribution < -0.4 is 21.4 Å². The summed E-state index contributed by atoms with van der Waals surface area (Å²) in [6, 6.07) is 7.43. The van der Waals surface area contributed by atoms with Crippen LogP contribution in [0.4, 0.5) is 5.95 Å². The number of nitrogens with one attached hydrogen (secondary N) is 2. The van der Waals surface area contributed by atoms with E-state index in [4.69, 9.17) is 4.74 Å². The number of anilines is 1. The topological polar surface area (TPSA) is 106 Å². The maximum Gasteiger partial charge on any atom is 0.329 e. The zero-order valence-corrected chi connectivity index (χ0v) is 16.4. The first kappa shape index (κ1) is 19.4. The van der Waals surface area contributed by atoms with Gasteiger partial charge in [0, 0.05) is 13.6 Å². The zero-order chi connectivity index (χ0) is 20.3. The van der Waals surface area contributed by atoms with Crippen molar-refractivity contribution in [3.63, 3.8) is 0 Å². The Labute approximate surface area is 161 Å². The molecule has 9 heteroatoms. The standard InChI is InChI=1S/C19H24N6O3/c1-12(2)9-10-25-15-16(24(3)19(27)22-17(15)26)21-18(25)23-20-11-13-5-7-14(28-4)8-6-13/h5-8,11-12H,9-10H2,1-4H3,(H,21,23)(H,22,26,27). The lowest BCUT2D eigenvalue weighted by atomic mass is 10.1. The van der Waals surface area contributed by atoms with E-state index < -0.39 is 11.2 Å². The van der Waals surface area contributed by atoms with Crippen molar-refractivity contribution in [2.75, 3.05) is 12.5 Å². The molecule has 3 aromatic rings. The minimum Gasteiger partial charge on any atom is -0.497 e. The molecule has 28 heavy (non-hydrogen) atoms. The number of H-pyrrole nitrogens is 1. The fraction of sp³-hybridized carbons (Fsp3) is 0.368. The Morgan fingerprint density at radius 2 is 2.00 bits per heavy atom. The third-order valence-electron chi connectivity index (χ3n) is 4.43. The molecule has 2 N–H and O–H groups in total. The minimum atomic E-state index is -0.501. The molecule has 9 nitrogen and oxygen atoms in total. The van der Waals surface area contributed by atoms with Gasteiger partial charge in [-0.3, -0.25) is 14.3 Å². The van der Waals surface area contributed by atoms with Crippen LogP contribution in [0.1, 0.15) is 25.8 Å². The van der Waals surface area contributed by atoms with Crippen LogP contribution in [-0.4, -0.2) is 32.4 Å². The van der Waals surface area contributed by atoms with E-state index in [0.29, 0.717) is 29.6 Å². The third-order valence-corrected chi connectivity index (χ3v) is 4.43. The van der Waals surface area contributed by atoms with Crippen LogP contribution in [0, 0.1) is 5.92 Å². The van der Waals surface area contributed by atoms with Crippen molar-refractivity contribution < 1.29 is 4.74 Å². The Morgan fingerprint density at radius 1 is 1.29 bits per heavy atom. The Balaban J connectivity index is 1.96. The summed E-state index contributed by atoms with van der Waals surface area (Å²) in [7, 11) is 3.19. The van der Waals surface area contributed by atoms with Crippen molar-refractivity contribution in [2.45, 2.75) is 26.8 Å². The third kappa shape index (κ3) is 3.98. The van der Waals surface area contributed by atoms with E-state index in [2.05, 4.69) is 34.3 Å². The van der Waals surface area contributed by atoms with Crippen LogP contribution in [0.3, 0.4) is 0 Å². The molecular formula is C19H24N6O3. The first-order valence-corrected chi connectivity index (χ1v) is 9.03. The monoisotopic (exact) mass is 384 g/mol. The Morgan fingerprint density at radius 3 is 2.64 bits per heavy atom. The van der Waals surface area contributed by atoms with Crippen molar-refractivity contribution in [1.29, 1.82) is 0 Å². The molecule has 0 aliphatic rings. The molecule has 0 aliphatic heterocycles. The Hall–Kier alpha value is -3.36. The van der Waals surface area contributed by atoms with Gasteiger partial charge in [-0.2, -0.15) is 10.1 Å². The molecular weight excluding hydrogens is 360 g/mol. The van der Waals surface area contributed by atoms with E-state index in [1.165, 1.54) is 4.57 Å². The van der Waals surface area contributed by atoms with Gasteiger partial charge in [0.2, 0.25) is 5.95 Å². The summed E-state index contributed by atoms with van der Waals surface area (Å²) in [6.45, 7) is 4.79. The number of methoxy groups -OCH3 is 1. The molecule has 1 aromatic carbocycles. The van der Waals surface area contributed by atoms with Gasteiger partial charge in [0.05, 0.1) is 13.3 Å². The summed E-state index contributed by atoms with van der Waals surface area (Å²) in [5, 5.41) is 4.23. The number of hydrazone groups is 1. The van der Waals surface area contributed by atoms with Crippen molar-refractivity contribution in [3.05, 3.63) is 50.7 Å². The number of fused-ring (bicyclic) bond motifs is 1. The number of imidazole rings is 1. The van der Waals surface area contributed by atoms with Crippen LogP contribution >= 0.6 is 0 Å². The van der Waals surface area contributed by atoms with Crippen molar-refractivity contribution in [1.82, 2.24) is 19.1 Å². The van der Waals surface area contributed by atoms with Crippen LogP contribution in [0.2, 0.25) is 0 Å². The van der Waals surface area contributed by atoms with E-state index in [-0.39, 0.29) is 0 Å². The van der Waals surface area contributed by atoms with Gasteiger partial charge in [-0.15, -0.1) is 0 Å². The van der Waals surface area contributed by atoms with Crippen molar-refractivity contribution in [3.8, 4) is 5.75 Å². The van der Waals surface area contributed by atoms with Gasteiger partial charge in [0.1, 0.15) is 5.75 Å². The number of aryl methyl sites for hydroxylation is 2. The molecule has 0 saturated heterocycles. The smallest absolute Gasteiger partial charge is 0.329 e. The van der Waals surface area contributed by atoms with E-state index >= 15 is 0 Å². The summed E-state index contributed by atoms with van der Waals surface area (Å²) in [5.74, 6) is 1.62. The predicted octanol–water partition coefficient (Wildman–Crippen LogP) is 1.92. The fourth-order valence-corrected chi connectivity index (χ4v) is 2.78. The lowest BCUT2D eigenvalue weighted by Crippen LogP contribution is -2.29. The highest BCUT2D eigenvalue weighted by Crippen LogP contribution is 2.17. The second-order valence-electron chi connectivity index (χ2n) is 6.90. The maximum atomic E-state index is 12.4.